The lowest BCUT2D eigenvalue weighted by atomic mass is 9.93. The molecule has 2 aliphatic rings. The maximum absolute atomic E-state index is 12.5. The average molecular weight is 364 g/mol. The van der Waals surface area contributed by atoms with E-state index in [1.54, 1.807) is 0 Å². The first-order valence-corrected chi connectivity index (χ1v) is 9.96. The third-order valence-electron chi connectivity index (χ3n) is 5.42. The first-order valence-electron chi connectivity index (χ1n) is 9.96. The van der Waals surface area contributed by atoms with E-state index in [0.29, 0.717) is 24.8 Å². The number of rotatable bonds is 5. The Morgan fingerprint density at radius 1 is 1.19 bits per heavy atom. The molecule has 7 nitrogen and oxygen atoms in total. The van der Waals surface area contributed by atoms with Gasteiger partial charge >= 0.3 is 0 Å². The Morgan fingerprint density at radius 3 is 2.50 bits per heavy atom. The number of hydrogen-bond acceptors (Lipinski definition) is 6. The predicted octanol–water partition coefficient (Wildman–Crippen LogP) is 1.79. The van der Waals surface area contributed by atoms with Crippen LogP contribution in [0.3, 0.4) is 0 Å². The SMILES string of the molecule is CC(C)(C)c1nc(CN2CCN(C(=O)CCC3CCNCC3)CC2)no1. The zero-order valence-corrected chi connectivity index (χ0v) is 16.5. The lowest BCUT2D eigenvalue weighted by molar-refractivity contribution is -0.133. The van der Waals surface area contributed by atoms with E-state index in [1.165, 1.54) is 12.8 Å². The molecule has 146 valence electrons. The highest BCUT2D eigenvalue weighted by atomic mass is 16.5. The highest BCUT2D eigenvalue weighted by molar-refractivity contribution is 5.76. The molecule has 0 unspecified atom stereocenters. The van der Waals surface area contributed by atoms with Crippen LogP contribution < -0.4 is 5.32 Å². The first kappa shape index (κ1) is 19.3. The zero-order chi connectivity index (χ0) is 18.6. The summed E-state index contributed by atoms with van der Waals surface area (Å²) in [5, 5.41) is 7.48. The molecule has 0 spiro atoms. The summed E-state index contributed by atoms with van der Waals surface area (Å²) in [7, 11) is 0. The number of nitrogens with zero attached hydrogens (tertiary/aromatic N) is 4. The molecule has 1 aromatic rings. The van der Waals surface area contributed by atoms with E-state index in [1.807, 2.05) is 4.90 Å². The molecular weight excluding hydrogens is 330 g/mol. The Morgan fingerprint density at radius 2 is 1.88 bits per heavy atom. The van der Waals surface area contributed by atoms with Crippen LogP contribution in [-0.4, -0.2) is 65.1 Å². The third-order valence-corrected chi connectivity index (χ3v) is 5.42. The summed E-state index contributed by atoms with van der Waals surface area (Å²) in [6.45, 7) is 12.4. The van der Waals surface area contributed by atoms with E-state index in [9.17, 15) is 4.79 Å². The van der Waals surface area contributed by atoms with Crippen LogP contribution >= 0.6 is 0 Å². The molecule has 0 atom stereocenters. The molecule has 0 bridgehead atoms. The second-order valence-corrected chi connectivity index (χ2v) is 8.65. The number of aromatic nitrogens is 2. The summed E-state index contributed by atoms with van der Waals surface area (Å²) in [4.78, 5) is 21.3. The van der Waals surface area contributed by atoms with Crippen molar-refractivity contribution in [2.45, 2.75) is 58.4 Å². The van der Waals surface area contributed by atoms with Gasteiger partial charge in [-0.15, -0.1) is 0 Å². The lowest BCUT2D eigenvalue weighted by Crippen LogP contribution is -2.48. The fourth-order valence-corrected chi connectivity index (χ4v) is 3.63. The van der Waals surface area contributed by atoms with Crippen LogP contribution in [0.1, 0.15) is 58.2 Å². The average Bonchev–Trinajstić information content (AvgIpc) is 3.10. The predicted molar refractivity (Wildman–Crippen MR) is 99.7 cm³/mol. The molecule has 2 fully saturated rings. The van der Waals surface area contributed by atoms with Gasteiger partial charge in [-0.05, 0) is 38.3 Å². The quantitative estimate of drug-likeness (QED) is 0.860. The van der Waals surface area contributed by atoms with Gasteiger partial charge in [0.25, 0.3) is 0 Å². The van der Waals surface area contributed by atoms with Gasteiger partial charge in [-0.25, -0.2) is 0 Å². The highest BCUT2D eigenvalue weighted by Crippen LogP contribution is 2.21. The maximum atomic E-state index is 12.5. The molecule has 1 aromatic heterocycles. The molecule has 1 N–H and O–H groups in total. The van der Waals surface area contributed by atoms with Crippen LogP contribution in [0, 0.1) is 5.92 Å². The van der Waals surface area contributed by atoms with Gasteiger partial charge in [-0.1, -0.05) is 25.9 Å². The van der Waals surface area contributed by atoms with E-state index >= 15 is 0 Å². The fraction of sp³-hybridized carbons (Fsp3) is 0.842. The molecule has 2 aliphatic heterocycles. The normalized spacial score (nSPS) is 20.5. The topological polar surface area (TPSA) is 74.5 Å². The summed E-state index contributed by atoms with van der Waals surface area (Å²) in [5.41, 5.74) is -0.120. The van der Waals surface area contributed by atoms with Gasteiger partial charge in [0.05, 0.1) is 6.54 Å². The van der Waals surface area contributed by atoms with Gasteiger partial charge in [0, 0.05) is 38.0 Å². The third kappa shape index (κ3) is 5.27. The second-order valence-electron chi connectivity index (χ2n) is 8.65. The summed E-state index contributed by atoms with van der Waals surface area (Å²) in [5.74, 6) is 2.45. The van der Waals surface area contributed by atoms with Crippen molar-refractivity contribution in [2.24, 2.45) is 5.92 Å². The summed E-state index contributed by atoms with van der Waals surface area (Å²) in [6, 6.07) is 0. The Bertz CT molecular complexity index is 581. The minimum atomic E-state index is -0.120. The lowest BCUT2D eigenvalue weighted by Gasteiger charge is -2.34. The van der Waals surface area contributed by atoms with E-state index in [0.717, 1.165) is 57.4 Å². The van der Waals surface area contributed by atoms with Crippen molar-refractivity contribution in [3.05, 3.63) is 11.7 Å². The number of nitrogens with one attached hydrogen (secondary N) is 1. The number of piperazine rings is 1. The van der Waals surface area contributed by atoms with E-state index in [2.05, 4.69) is 41.1 Å². The first-order chi connectivity index (χ1) is 12.4. The molecule has 7 heteroatoms. The standard InChI is InChI=1S/C19H33N5O2/c1-19(2,3)18-21-16(22-26-18)14-23-10-12-24(13-11-23)17(25)5-4-15-6-8-20-9-7-15/h15,20H,4-14H2,1-3H3. The monoisotopic (exact) mass is 363 g/mol. The van der Waals surface area contributed by atoms with Crippen molar-refractivity contribution in [1.29, 1.82) is 0 Å². The van der Waals surface area contributed by atoms with Crippen LogP contribution in [0.2, 0.25) is 0 Å². The molecule has 3 rings (SSSR count). The van der Waals surface area contributed by atoms with E-state index in [-0.39, 0.29) is 5.41 Å². The Labute approximate surface area is 156 Å². The second kappa shape index (κ2) is 8.48. The largest absolute Gasteiger partial charge is 0.340 e. The number of carbonyl (C=O) groups is 1. The molecule has 26 heavy (non-hydrogen) atoms. The van der Waals surface area contributed by atoms with Gasteiger partial charge in [0.2, 0.25) is 11.8 Å². The van der Waals surface area contributed by atoms with Crippen molar-refractivity contribution in [2.75, 3.05) is 39.3 Å². The molecule has 0 saturated carbocycles. The van der Waals surface area contributed by atoms with Crippen LogP contribution in [0.25, 0.3) is 0 Å². The maximum Gasteiger partial charge on any atom is 0.232 e. The van der Waals surface area contributed by atoms with Crippen molar-refractivity contribution >= 4 is 5.91 Å². The van der Waals surface area contributed by atoms with Crippen molar-refractivity contribution in [3.8, 4) is 0 Å². The van der Waals surface area contributed by atoms with Crippen LogP contribution in [0.5, 0.6) is 0 Å². The Hall–Kier alpha value is -1.47. The molecule has 0 radical (unpaired) electrons. The number of hydrogen-bond donors (Lipinski definition) is 1. The van der Waals surface area contributed by atoms with E-state index < -0.39 is 0 Å². The fourth-order valence-electron chi connectivity index (χ4n) is 3.63. The molecule has 1 amide bonds. The minimum absolute atomic E-state index is 0.120. The van der Waals surface area contributed by atoms with Crippen molar-refractivity contribution in [1.82, 2.24) is 25.3 Å². The number of amides is 1. The van der Waals surface area contributed by atoms with Crippen LogP contribution in [-0.2, 0) is 16.8 Å². The smallest absolute Gasteiger partial charge is 0.232 e. The summed E-state index contributed by atoms with van der Waals surface area (Å²) in [6.07, 6.45) is 4.16. The molecule has 2 saturated heterocycles. The van der Waals surface area contributed by atoms with Crippen LogP contribution in [0.15, 0.2) is 4.52 Å². The summed E-state index contributed by atoms with van der Waals surface area (Å²) >= 11 is 0. The molecule has 0 aliphatic carbocycles. The van der Waals surface area contributed by atoms with Gasteiger partial charge in [-0.2, -0.15) is 4.98 Å². The molecule has 3 heterocycles. The van der Waals surface area contributed by atoms with Gasteiger partial charge in [-0.3, -0.25) is 9.69 Å². The Balaban J connectivity index is 1.39. The molecular formula is C19H33N5O2. The van der Waals surface area contributed by atoms with Crippen molar-refractivity contribution < 1.29 is 9.32 Å². The zero-order valence-electron chi connectivity index (χ0n) is 16.5. The minimum Gasteiger partial charge on any atom is -0.340 e. The molecule has 0 aromatic carbocycles. The Kier molecular flexibility index (Phi) is 6.29. The van der Waals surface area contributed by atoms with E-state index in [4.69, 9.17) is 4.52 Å². The van der Waals surface area contributed by atoms with Gasteiger partial charge < -0.3 is 14.7 Å². The number of carbonyl (C=O) groups excluding carboxylic acids is 1. The van der Waals surface area contributed by atoms with Gasteiger partial charge in [0.1, 0.15) is 0 Å². The van der Waals surface area contributed by atoms with Gasteiger partial charge in [0.15, 0.2) is 5.82 Å². The highest BCUT2D eigenvalue weighted by Gasteiger charge is 2.25. The number of piperidine rings is 1. The summed E-state index contributed by atoms with van der Waals surface area (Å²) < 4.78 is 5.36. The van der Waals surface area contributed by atoms with Crippen LogP contribution in [0.4, 0.5) is 0 Å². The van der Waals surface area contributed by atoms with Crippen molar-refractivity contribution in [3.63, 3.8) is 0 Å².